The van der Waals surface area contributed by atoms with Crippen molar-refractivity contribution in [1.82, 2.24) is 10.1 Å². The number of nitrogens with two attached hydrogens (primary N) is 1. The van der Waals surface area contributed by atoms with Crippen LogP contribution >= 0.6 is 0 Å². The van der Waals surface area contributed by atoms with E-state index >= 15 is 0 Å². The number of rotatable bonds is 3. The topological polar surface area (TPSA) is 75.5 Å². The number of nitrogen functional groups attached to an aromatic ring is 1. The summed E-state index contributed by atoms with van der Waals surface area (Å²) in [5.41, 5.74) is 8.05. The minimum absolute atomic E-state index is 0.213. The van der Waals surface area contributed by atoms with Gasteiger partial charge in [-0.2, -0.15) is 0 Å². The summed E-state index contributed by atoms with van der Waals surface area (Å²) in [5, 5.41) is 13.9. The van der Waals surface area contributed by atoms with E-state index < -0.39 is 0 Å². The summed E-state index contributed by atoms with van der Waals surface area (Å²) in [6.45, 7) is 2.63. The zero-order valence-electron chi connectivity index (χ0n) is 10.8. The highest BCUT2D eigenvalue weighted by Crippen LogP contribution is 2.34. The molecule has 18 heavy (non-hydrogen) atoms. The molecule has 3 N–H and O–H groups in total. The molecule has 5 heteroatoms. The first kappa shape index (κ1) is 12.4. The van der Waals surface area contributed by atoms with Crippen molar-refractivity contribution >= 4 is 5.82 Å². The van der Waals surface area contributed by atoms with Crippen LogP contribution in [0.15, 0.2) is 22.7 Å². The first-order valence-corrected chi connectivity index (χ1v) is 5.67. The highest BCUT2D eigenvalue weighted by atomic mass is 16.5. The van der Waals surface area contributed by atoms with Crippen LogP contribution in [0.5, 0.6) is 5.75 Å². The molecular weight excluding hydrogens is 230 g/mol. The maximum atomic E-state index is 10.3. The molecule has 96 valence electrons. The Hall–Kier alpha value is -2.01. The van der Waals surface area contributed by atoms with E-state index in [0.29, 0.717) is 23.7 Å². The molecule has 1 heterocycles. The van der Waals surface area contributed by atoms with E-state index in [1.165, 1.54) is 0 Å². The fourth-order valence-electron chi connectivity index (χ4n) is 1.92. The van der Waals surface area contributed by atoms with Gasteiger partial charge in [-0.25, -0.2) is 0 Å². The summed E-state index contributed by atoms with van der Waals surface area (Å²) in [7, 11) is 3.90. The third kappa shape index (κ3) is 2.46. The van der Waals surface area contributed by atoms with Crippen molar-refractivity contribution in [3.05, 3.63) is 29.3 Å². The second-order valence-corrected chi connectivity index (χ2v) is 4.67. The normalized spacial score (nSPS) is 11.1. The summed E-state index contributed by atoms with van der Waals surface area (Å²) >= 11 is 0. The number of phenolic OH excluding ortho intramolecular Hbond substituents is 1. The number of aromatic hydroxyl groups is 1. The molecule has 2 aromatic rings. The zero-order valence-corrected chi connectivity index (χ0v) is 10.8. The maximum Gasteiger partial charge on any atom is 0.172 e. The Morgan fingerprint density at radius 2 is 2.06 bits per heavy atom. The van der Waals surface area contributed by atoms with Crippen molar-refractivity contribution in [2.45, 2.75) is 13.5 Å². The second kappa shape index (κ2) is 4.70. The standard InChI is InChI=1S/C13H17N3O2/c1-8-4-9(7-16(2)3)13(17)10(5-8)11-6-12(14)15-18-11/h4-6,17H,7H2,1-3H3,(H2,14,15). The van der Waals surface area contributed by atoms with Crippen molar-refractivity contribution < 1.29 is 9.63 Å². The van der Waals surface area contributed by atoms with Crippen LogP contribution in [0, 0.1) is 6.92 Å². The zero-order chi connectivity index (χ0) is 13.3. The number of aryl methyl sites for hydroxylation is 1. The minimum Gasteiger partial charge on any atom is -0.507 e. The van der Waals surface area contributed by atoms with E-state index in [1.54, 1.807) is 6.07 Å². The van der Waals surface area contributed by atoms with E-state index in [-0.39, 0.29) is 5.75 Å². The van der Waals surface area contributed by atoms with Crippen LogP contribution in [-0.2, 0) is 6.54 Å². The Kier molecular flexibility index (Phi) is 3.25. The van der Waals surface area contributed by atoms with Crippen LogP contribution < -0.4 is 5.73 Å². The third-order valence-electron chi connectivity index (χ3n) is 2.61. The van der Waals surface area contributed by atoms with Crippen LogP contribution in [-0.4, -0.2) is 29.3 Å². The van der Waals surface area contributed by atoms with Crippen molar-refractivity contribution in [3.63, 3.8) is 0 Å². The van der Waals surface area contributed by atoms with Crippen LogP contribution in [0.4, 0.5) is 5.82 Å². The highest BCUT2D eigenvalue weighted by Gasteiger charge is 2.14. The number of aromatic nitrogens is 1. The van der Waals surface area contributed by atoms with Gasteiger partial charge in [0.15, 0.2) is 11.6 Å². The molecule has 2 rings (SSSR count). The van der Waals surface area contributed by atoms with Gasteiger partial charge in [-0.15, -0.1) is 0 Å². The SMILES string of the molecule is Cc1cc(CN(C)C)c(O)c(-c2cc(N)no2)c1. The van der Waals surface area contributed by atoms with Gasteiger partial charge in [0.05, 0.1) is 5.56 Å². The Labute approximate surface area is 106 Å². The van der Waals surface area contributed by atoms with Crippen LogP contribution in [0.1, 0.15) is 11.1 Å². The number of hydrogen-bond acceptors (Lipinski definition) is 5. The van der Waals surface area contributed by atoms with Crippen LogP contribution in [0.2, 0.25) is 0 Å². The number of hydrogen-bond donors (Lipinski definition) is 2. The lowest BCUT2D eigenvalue weighted by molar-refractivity contribution is 0.384. The van der Waals surface area contributed by atoms with Gasteiger partial charge in [0.25, 0.3) is 0 Å². The fourth-order valence-corrected chi connectivity index (χ4v) is 1.92. The highest BCUT2D eigenvalue weighted by molar-refractivity contribution is 5.70. The molecule has 0 radical (unpaired) electrons. The second-order valence-electron chi connectivity index (χ2n) is 4.67. The number of benzene rings is 1. The molecule has 0 amide bonds. The lowest BCUT2D eigenvalue weighted by Crippen LogP contribution is -2.11. The smallest absolute Gasteiger partial charge is 0.172 e. The molecule has 0 aliphatic heterocycles. The lowest BCUT2D eigenvalue weighted by Gasteiger charge is -2.14. The van der Waals surface area contributed by atoms with Gasteiger partial charge in [-0.05, 0) is 32.6 Å². The molecule has 0 fully saturated rings. The number of phenols is 1. The molecule has 1 aromatic carbocycles. The largest absolute Gasteiger partial charge is 0.507 e. The van der Waals surface area contributed by atoms with Gasteiger partial charge in [0.2, 0.25) is 0 Å². The maximum absolute atomic E-state index is 10.3. The molecule has 0 atom stereocenters. The molecule has 0 bridgehead atoms. The van der Waals surface area contributed by atoms with Crippen LogP contribution in [0.3, 0.4) is 0 Å². The lowest BCUT2D eigenvalue weighted by atomic mass is 10.0. The Bertz CT molecular complexity index is 561. The van der Waals surface area contributed by atoms with Gasteiger partial charge >= 0.3 is 0 Å². The van der Waals surface area contributed by atoms with E-state index in [0.717, 1.165) is 11.1 Å². The third-order valence-corrected chi connectivity index (χ3v) is 2.61. The van der Waals surface area contributed by atoms with E-state index in [9.17, 15) is 5.11 Å². The summed E-state index contributed by atoms with van der Waals surface area (Å²) < 4.78 is 5.10. The molecule has 0 spiro atoms. The first-order chi connectivity index (χ1) is 8.47. The summed E-state index contributed by atoms with van der Waals surface area (Å²) in [5.74, 6) is 0.999. The minimum atomic E-state index is 0.213. The molecule has 0 aliphatic rings. The summed E-state index contributed by atoms with van der Waals surface area (Å²) in [4.78, 5) is 1.99. The van der Waals surface area contributed by atoms with E-state index in [1.807, 2.05) is 38.1 Å². The number of nitrogens with zero attached hydrogens (tertiary/aromatic N) is 2. The van der Waals surface area contributed by atoms with Crippen molar-refractivity contribution in [1.29, 1.82) is 0 Å². The molecule has 0 saturated carbocycles. The van der Waals surface area contributed by atoms with Gasteiger partial charge in [-0.1, -0.05) is 11.2 Å². The monoisotopic (exact) mass is 247 g/mol. The molecule has 0 saturated heterocycles. The number of anilines is 1. The van der Waals surface area contributed by atoms with Crippen LogP contribution in [0.25, 0.3) is 11.3 Å². The quantitative estimate of drug-likeness (QED) is 0.867. The van der Waals surface area contributed by atoms with Gasteiger partial charge < -0.3 is 20.3 Å². The average molecular weight is 247 g/mol. The van der Waals surface area contributed by atoms with Crippen molar-refractivity contribution in [3.8, 4) is 17.1 Å². The first-order valence-electron chi connectivity index (χ1n) is 5.67. The van der Waals surface area contributed by atoms with E-state index in [4.69, 9.17) is 10.3 Å². The molecule has 0 aliphatic carbocycles. The predicted molar refractivity (Wildman–Crippen MR) is 70.1 cm³/mol. The molecule has 0 unspecified atom stereocenters. The predicted octanol–water partition coefficient (Wildman–Crippen LogP) is 2.00. The summed E-state index contributed by atoms with van der Waals surface area (Å²) in [6.07, 6.45) is 0. The Balaban J connectivity index is 2.51. The van der Waals surface area contributed by atoms with E-state index in [2.05, 4.69) is 5.16 Å². The Morgan fingerprint density at radius 3 is 2.61 bits per heavy atom. The van der Waals surface area contributed by atoms with Gasteiger partial charge in [0.1, 0.15) is 5.75 Å². The average Bonchev–Trinajstić information content (AvgIpc) is 2.69. The summed E-state index contributed by atoms with van der Waals surface area (Å²) in [6, 6.07) is 5.42. The van der Waals surface area contributed by atoms with Crippen molar-refractivity contribution in [2.24, 2.45) is 0 Å². The molecule has 5 nitrogen and oxygen atoms in total. The van der Waals surface area contributed by atoms with Gasteiger partial charge in [-0.3, -0.25) is 0 Å². The Morgan fingerprint density at radius 1 is 1.33 bits per heavy atom. The fraction of sp³-hybridized carbons (Fsp3) is 0.308. The molecular formula is C13H17N3O2. The molecule has 1 aromatic heterocycles. The van der Waals surface area contributed by atoms with Crippen molar-refractivity contribution in [2.75, 3.05) is 19.8 Å². The van der Waals surface area contributed by atoms with Gasteiger partial charge in [0, 0.05) is 18.2 Å².